The van der Waals surface area contributed by atoms with Crippen LogP contribution in [0.4, 0.5) is 5.69 Å². The number of sulfonamides is 1. The van der Waals surface area contributed by atoms with Gasteiger partial charge in [-0.05, 0) is 47.0 Å². The van der Waals surface area contributed by atoms with E-state index in [1.165, 1.54) is 17.3 Å². The number of nitrogens with two attached hydrogens (primary N) is 1. The fraction of sp³-hybridized carbons (Fsp3) is 0.462. The molecule has 1 atom stereocenters. The van der Waals surface area contributed by atoms with Gasteiger partial charge >= 0.3 is 0 Å². The van der Waals surface area contributed by atoms with Crippen LogP contribution in [0.25, 0.3) is 0 Å². The van der Waals surface area contributed by atoms with Crippen molar-refractivity contribution in [1.82, 2.24) is 9.62 Å². The van der Waals surface area contributed by atoms with Gasteiger partial charge in [0.2, 0.25) is 15.9 Å². The molecule has 2 rings (SSSR count). The second-order valence-electron chi connectivity index (χ2n) is 5.19. The molecule has 0 aromatic heterocycles. The third kappa shape index (κ3) is 3.38. The van der Waals surface area contributed by atoms with Gasteiger partial charge in [-0.15, -0.1) is 0 Å². The summed E-state index contributed by atoms with van der Waals surface area (Å²) in [5, 5.41) is 2.75. The maximum Gasteiger partial charge on any atom is 0.243 e. The minimum Gasteiger partial charge on any atom is -0.398 e. The number of nitrogens with one attached hydrogen (secondary N) is 1. The van der Waals surface area contributed by atoms with E-state index in [9.17, 15) is 13.2 Å². The predicted octanol–water partition coefficient (Wildman–Crippen LogP) is 1.24. The quantitative estimate of drug-likeness (QED) is 0.777. The van der Waals surface area contributed by atoms with E-state index < -0.39 is 10.0 Å². The molecule has 0 radical (unpaired) electrons. The van der Waals surface area contributed by atoms with Crippen molar-refractivity contribution in [2.24, 2.45) is 0 Å². The Morgan fingerprint density at radius 2 is 2.14 bits per heavy atom. The molecular weight excluding hydrogens is 358 g/mol. The number of anilines is 1. The van der Waals surface area contributed by atoms with Crippen LogP contribution in [0.2, 0.25) is 0 Å². The highest BCUT2D eigenvalue weighted by atomic mass is 79.9. The highest BCUT2D eigenvalue weighted by Crippen LogP contribution is 2.30. The summed E-state index contributed by atoms with van der Waals surface area (Å²) in [5.41, 5.74) is 6.82. The molecule has 8 heteroatoms. The van der Waals surface area contributed by atoms with Gasteiger partial charge in [0, 0.05) is 36.2 Å². The van der Waals surface area contributed by atoms with Gasteiger partial charge in [0.1, 0.15) is 0 Å². The second-order valence-corrected chi connectivity index (χ2v) is 7.95. The Kier molecular flexibility index (Phi) is 4.60. The van der Waals surface area contributed by atoms with Gasteiger partial charge in [-0.3, -0.25) is 4.79 Å². The zero-order chi connectivity index (χ0) is 15.8. The molecule has 3 N–H and O–H groups in total. The fourth-order valence-electron chi connectivity index (χ4n) is 2.44. The number of halogens is 1. The number of nitrogens with zero attached hydrogens (tertiary/aromatic N) is 1. The van der Waals surface area contributed by atoms with E-state index in [0.29, 0.717) is 28.7 Å². The zero-order valence-corrected chi connectivity index (χ0v) is 14.3. The molecule has 1 heterocycles. The molecule has 116 valence electrons. The van der Waals surface area contributed by atoms with Crippen molar-refractivity contribution in [3.63, 3.8) is 0 Å². The lowest BCUT2D eigenvalue weighted by Gasteiger charge is -2.19. The van der Waals surface area contributed by atoms with Crippen LogP contribution in [-0.4, -0.2) is 37.8 Å². The van der Waals surface area contributed by atoms with E-state index in [1.807, 2.05) is 0 Å². The van der Waals surface area contributed by atoms with Crippen LogP contribution in [-0.2, 0) is 14.8 Å². The molecule has 1 aliphatic heterocycles. The molecule has 21 heavy (non-hydrogen) atoms. The average Bonchev–Trinajstić information content (AvgIpc) is 2.81. The Labute approximate surface area is 132 Å². The minimum atomic E-state index is -3.60. The lowest BCUT2D eigenvalue weighted by Crippen LogP contribution is -2.37. The van der Waals surface area contributed by atoms with Gasteiger partial charge < -0.3 is 11.1 Å². The first-order chi connectivity index (χ1) is 9.71. The molecule has 0 aliphatic carbocycles. The van der Waals surface area contributed by atoms with Gasteiger partial charge in [0.15, 0.2) is 0 Å². The van der Waals surface area contributed by atoms with Gasteiger partial charge in [-0.1, -0.05) is 0 Å². The summed E-state index contributed by atoms with van der Waals surface area (Å²) in [4.78, 5) is 11.3. The zero-order valence-electron chi connectivity index (χ0n) is 11.9. The van der Waals surface area contributed by atoms with E-state index >= 15 is 0 Å². The number of carbonyl (C=O) groups excluding carboxylic acids is 1. The summed E-state index contributed by atoms with van der Waals surface area (Å²) in [6.45, 7) is 3.84. The molecule has 1 aromatic rings. The molecule has 0 saturated carbocycles. The summed E-state index contributed by atoms with van der Waals surface area (Å²) in [5.74, 6) is -0.150. The van der Waals surface area contributed by atoms with Crippen LogP contribution in [0.15, 0.2) is 21.5 Å². The van der Waals surface area contributed by atoms with Crippen LogP contribution in [0.5, 0.6) is 0 Å². The smallest absolute Gasteiger partial charge is 0.243 e. The number of amides is 1. The summed E-state index contributed by atoms with van der Waals surface area (Å²) in [6.07, 6.45) is 0.615. The first kappa shape index (κ1) is 16.3. The number of hydrogen-bond donors (Lipinski definition) is 2. The van der Waals surface area contributed by atoms with Gasteiger partial charge in [0.05, 0.1) is 4.90 Å². The SMILES string of the molecule is CC(=O)NC1CCN(S(=O)(=O)c2cc(N)c(Br)cc2C)C1. The van der Waals surface area contributed by atoms with E-state index in [2.05, 4.69) is 21.2 Å². The highest BCUT2D eigenvalue weighted by molar-refractivity contribution is 9.10. The van der Waals surface area contributed by atoms with Crippen molar-refractivity contribution in [2.45, 2.75) is 31.2 Å². The normalized spacial score (nSPS) is 19.7. The van der Waals surface area contributed by atoms with E-state index in [-0.39, 0.29) is 23.4 Å². The topological polar surface area (TPSA) is 92.5 Å². The maximum atomic E-state index is 12.7. The number of aryl methyl sites for hydroxylation is 1. The number of rotatable bonds is 3. The number of hydrogen-bond acceptors (Lipinski definition) is 4. The minimum absolute atomic E-state index is 0.134. The van der Waals surface area contributed by atoms with Crippen molar-refractivity contribution in [1.29, 1.82) is 0 Å². The van der Waals surface area contributed by atoms with Crippen molar-refractivity contribution in [2.75, 3.05) is 18.8 Å². The summed E-state index contributed by atoms with van der Waals surface area (Å²) in [7, 11) is -3.60. The Bertz CT molecular complexity index is 675. The predicted molar refractivity (Wildman–Crippen MR) is 84.3 cm³/mol. The van der Waals surface area contributed by atoms with Crippen LogP contribution >= 0.6 is 15.9 Å². The molecule has 1 fully saturated rings. The lowest BCUT2D eigenvalue weighted by atomic mass is 10.2. The Morgan fingerprint density at radius 1 is 1.48 bits per heavy atom. The Morgan fingerprint density at radius 3 is 2.76 bits per heavy atom. The number of nitrogen functional groups attached to an aromatic ring is 1. The largest absolute Gasteiger partial charge is 0.398 e. The molecule has 1 amide bonds. The van der Waals surface area contributed by atoms with E-state index in [4.69, 9.17) is 5.73 Å². The summed E-state index contributed by atoms with van der Waals surface area (Å²) < 4.78 is 27.5. The molecular formula is C13H18BrN3O3S. The molecule has 1 aliphatic rings. The van der Waals surface area contributed by atoms with Crippen LogP contribution in [0, 0.1) is 6.92 Å². The molecule has 1 unspecified atom stereocenters. The van der Waals surface area contributed by atoms with Gasteiger partial charge in [-0.2, -0.15) is 4.31 Å². The first-order valence-electron chi connectivity index (χ1n) is 6.54. The van der Waals surface area contributed by atoms with Crippen molar-refractivity contribution < 1.29 is 13.2 Å². The Hall–Kier alpha value is -1.12. The first-order valence-corrected chi connectivity index (χ1v) is 8.78. The second kappa shape index (κ2) is 5.94. The van der Waals surface area contributed by atoms with Crippen LogP contribution in [0.1, 0.15) is 18.9 Å². The van der Waals surface area contributed by atoms with E-state index in [1.54, 1.807) is 13.0 Å². The molecule has 0 bridgehead atoms. The monoisotopic (exact) mass is 375 g/mol. The molecule has 0 spiro atoms. The van der Waals surface area contributed by atoms with Crippen molar-refractivity contribution >= 4 is 37.5 Å². The van der Waals surface area contributed by atoms with Gasteiger partial charge in [-0.25, -0.2) is 8.42 Å². The number of benzene rings is 1. The van der Waals surface area contributed by atoms with Crippen LogP contribution in [0.3, 0.4) is 0 Å². The Balaban J connectivity index is 2.28. The molecule has 1 saturated heterocycles. The highest BCUT2D eigenvalue weighted by Gasteiger charge is 2.33. The van der Waals surface area contributed by atoms with Crippen molar-refractivity contribution in [3.05, 3.63) is 22.2 Å². The lowest BCUT2D eigenvalue weighted by molar-refractivity contribution is -0.119. The third-order valence-corrected chi connectivity index (χ3v) is 6.16. The fourth-order valence-corrected chi connectivity index (χ4v) is 4.64. The average molecular weight is 376 g/mol. The molecule has 1 aromatic carbocycles. The van der Waals surface area contributed by atoms with Crippen LogP contribution < -0.4 is 11.1 Å². The van der Waals surface area contributed by atoms with Gasteiger partial charge in [0.25, 0.3) is 0 Å². The standard InChI is InChI=1S/C13H18BrN3O3S/c1-8-5-11(14)12(15)6-13(8)21(19,20)17-4-3-10(7-17)16-9(2)18/h5-6,10H,3-4,7,15H2,1-2H3,(H,16,18). The van der Waals surface area contributed by atoms with Crippen molar-refractivity contribution in [3.8, 4) is 0 Å². The van der Waals surface area contributed by atoms with E-state index in [0.717, 1.165) is 0 Å². The summed E-state index contributed by atoms with van der Waals surface area (Å²) in [6, 6.07) is 3.04. The summed E-state index contributed by atoms with van der Waals surface area (Å²) >= 11 is 3.29. The number of carbonyl (C=O) groups is 1. The molecule has 6 nitrogen and oxygen atoms in total. The maximum absolute atomic E-state index is 12.7. The third-order valence-electron chi connectivity index (χ3n) is 3.47.